The molecule has 0 amide bonds. The number of nitrogens with one attached hydrogen (secondary N) is 1. The van der Waals surface area contributed by atoms with Gasteiger partial charge in [0, 0.05) is 22.5 Å². The van der Waals surface area contributed by atoms with Crippen LogP contribution in [0.2, 0.25) is 5.02 Å². The van der Waals surface area contributed by atoms with Crippen LogP contribution in [0.3, 0.4) is 0 Å². The highest BCUT2D eigenvalue weighted by Gasteiger charge is 2.46. The Bertz CT molecular complexity index is 457. The number of hydrogen-bond donors (Lipinski definition) is 2. The third kappa shape index (κ3) is 2.28. The van der Waals surface area contributed by atoms with E-state index in [2.05, 4.69) is 5.32 Å². The lowest BCUT2D eigenvalue weighted by molar-refractivity contribution is -0.0865. The minimum absolute atomic E-state index is 0.0596. The maximum atomic E-state index is 14.1. The molecule has 1 aliphatic carbocycles. The second-order valence-electron chi connectivity index (χ2n) is 5.77. The molecule has 3 rings (SSSR count). The van der Waals surface area contributed by atoms with E-state index < -0.39 is 5.60 Å². The lowest BCUT2D eigenvalue weighted by Gasteiger charge is -2.48. The topological polar surface area (TPSA) is 32.3 Å². The second-order valence-corrected chi connectivity index (χ2v) is 6.18. The van der Waals surface area contributed by atoms with Gasteiger partial charge in [0.1, 0.15) is 5.82 Å². The van der Waals surface area contributed by atoms with Gasteiger partial charge in [-0.15, -0.1) is 0 Å². The van der Waals surface area contributed by atoms with Crippen LogP contribution in [-0.4, -0.2) is 17.3 Å². The molecule has 1 saturated carbocycles. The van der Waals surface area contributed by atoms with Crippen molar-refractivity contribution >= 4 is 11.6 Å². The molecule has 4 heteroatoms. The molecule has 2 N–H and O–H groups in total. The predicted octanol–water partition coefficient (Wildman–Crippen LogP) is 3.43. The van der Waals surface area contributed by atoms with Gasteiger partial charge >= 0.3 is 0 Å². The van der Waals surface area contributed by atoms with Gasteiger partial charge in [-0.1, -0.05) is 30.5 Å². The fourth-order valence-electron chi connectivity index (χ4n) is 3.73. The van der Waals surface area contributed by atoms with Crippen molar-refractivity contribution in [3.05, 3.63) is 34.6 Å². The van der Waals surface area contributed by atoms with Crippen LogP contribution in [0.1, 0.15) is 43.7 Å². The maximum Gasteiger partial charge on any atom is 0.129 e. The van der Waals surface area contributed by atoms with Crippen LogP contribution < -0.4 is 5.32 Å². The molecular weight excluding hydrogens is 265 g/mol. The number of piperidine rings is 1. The van der Waals surface area contributed by atoms with Crippen molar-refractivity contribution in [3.63, 3.8) is 0 Å². The molecule has 0 unspecified atom stereocenters. The summed E-state index contributed by atoms with van der Waals surface area (Å²) >= 11 is 6.18. The van der Waals surface area contributed by atoms with Crippen LogP contribution in [0.25, 0.3) is 0 Å². The molecule has 1 aromatic rings. The zero-order chi connectivity index (χ0) is 13.5. The summed E-state index contributed by atoms with van der Waals surface area (Å²) in [6, 6.07) is 4.61. The highest BCUT2D eigenvalue weighted by atomic mass is 35.5. The first-order valence-electron chi connectivity index (χ1n) is 7.01. The van der Waals surface area contributed by atoms with Gasteiger partial charge in [0.25, 0.3) is 0 Å². The summed E-state index contributed by atoms with van der Waals surface area (Å²) < 4.78 is 14.1. The lowest BCUT2D eigenvalue weighted by Crippen LogP contribution is -2.53. The largest absolute Gasteiger partial charge is 0.389 e. The number of rotatable bonds is 1. The molecule has 1 aliphatic heterocycles. The van der Waals surface area contributed by atoms with Crippen molar-refractivity contribution in [3.8, 4) is 0 Å². The minimum atomic E-state index is -0.653. The summed E-state index contributed by atoms with van der Waals surface area (Å²) in [5.41, 5.74) is -0.131. The predicted molar refractivity (Wildman–Crippen MR) is 73.7 cm³/mol. The van der Waals surface area contributed by atoms with Crippen molar-refractivity contribution in [2.24, 2.45) is 5.92 Å². The monoisotopic (exact) mass is 283 g/mol. The first-order valence-corrected chi connectivity index (χ1v) is 7.39. The Morgan fingerprint density at radius 1 is 1.32 bits per heavy atom. The van der Waals surface area contributed by atoms with Gasteiger partial charge in [-0.25, -0.2) is 4.39 Å². The van der Waals surface area contributed by atoms with E-state index in [1.54, 1.807) is 12.1 Å². The zero-order valence-corrected chi connectivity index (χ0v) is 11.6. The molecule has 1 heterocycles. The van der Waals surface area contributed by atoms with Gasteiger partial charge in [0.05, 0.1) is 5.60 Å². The Kier molecular flexibility index (Phi) is 3.54. The zero-order valence-electron chi connectivity index (χ0n) is 10.8. The first kappa shape index (κ1) is 13.3. The van der Waals surface area contributed by atoms with Crippen molar-refractivity contribution in [2.75, 3.05) is 6.54 Å². The number of aliphatic hydroxyl groups is 1. The average Bonchev–Trinajstić information content (AvgIpc) is 2.38. The van der Waals surface area contributed by atoms with Crippen LogP contribution in [0.5, 0.6) is 0 Å². The van der Waals surface area contributed by atoms with Crippen LogP contribution in [0, 0.1) is 11.7 Å². The Morgan fingerprint density at radius 2 is 2.16 bits per heavy atom. The van der Waals surface area contributed by atoms with Crippen LogP contribution in [0.15, 0.2) is 18.2 Å². The fourth-order valence-corrected chi connectivity index (χ4v) is 4.01. The Labute approximate surface area is 118 Å². The van der Waals surface area contributed by atoms with Crippen LogP contribution >= 0.6 is 11.6 Å². The van der Waals surface area contributed by atoms with Crippen molar-refractivity contribution in [1.82, 2.24) is 5.32 Å². The SMILES string of the molecule is O[C@@]12CCCC[C@@H]1[C@@H](c1c(F)cccc1Cl)NCC2. The van der Waals surface area contributed by atoms with E-state index >= 15 is 0 Å². The van der Waals surface area contributed by atoms with Gasteiger partial charge in [0.2, 0.25) is 0 Å². The quantitative estimate of drug-likeness (QED) is 0.827. The average molecular weight is 284 g/mol. The highest BCUT2D eigenvalue weighted by Crippen LogP contribution is 2.47. The fraction of sp³-hybridized carbons (Fsp3) is 0.600. The standard InChI is InChI=1S/C15H19ClFNO/c16-11-5-3-6-12(17)13(11)14-10-4-1-2-7-15(10,19)8-9-18-14/h3,5-6,10,14,18-19H,1-2,4,7-9H2/t10-,14+,15-/m1/s1. The number of fused-ring (bicyclic) bond motifs is 1. The molecule has 2 aliphatic rings. The number of halogens is 2. The molecule has 1 aromatic carbocycles. The summed E-state index contributed by atoms with van der Waals surface area (Å²) in [7, 11) is 0. The Hall–Kier alpha value is -0.640. The van der Waals surface area contributed by atoms with Crippen LogP contribution in [0.4, 0.5) is 4.39 Å². The Morgan fingerprint density at radius 3 is 2.95 bits per heavy atom. The van der Waals surface area contributed by atoms with E-state index in [1.165, 1.54) is 6.07 Å². The Balaban J connectivity index is 1.99. The molecule has 0 bridgehead atoms. The van der Waals surface area contributed by atoms with Crippen molar-refractivity contribution < 1.29 is 9.50 Å². The van der Waals surface area contributed by atoms with E-state index in [-0.39, 0.29) is 17.8 Å². The van der Waals surface area contributed by atoms with Gasteiger partial charge < -0.3 is 10.4 Å². The van der Waals surface area contributed by atoms with E-state index in [4.69, 9.17) is 11.6 Å². The molecule has 104 valence electrons. The summed E-state index contributed by atoms with van der Waals surface area (Å²) in [5, 5.41) is 14.6. The van der Waals surface area contributed by atoms with Gasteiger partial charge in [0.15, 0.2) is 0 Å². The molecule has 2 nitrogen and oxygen atoms in total. The molecule has 0 spiro atoms. The molecule has 19 heavy (non-hydrogen) atoms. The highest BCUT2D eigenvalue weighted by molar-refractivity contribution is 6.31. The van der Waals surface area contributed by atoms with Crippen molar-refractivity contribution in [1.29, 1.82) is 0 Å². The number of hydrogen-bond acceptors (Lipinski definition) is 2. The summed E-state index contributed by atoms with van der Waals surface area (Å²) in [5.74, 6) is -0.218. The first-order chi connectivity index (χ1) is 9.12. The normalized spacial score (nSPS) is 34.9. The van der Waals surface area contributed by atoms with E-state index in [1.807, 2.05) is 0 Å². The molecular formula is C15H19ClFNO. The second kappa shape index (κ2) is 5.04. The van der Waals surface area contributed by atoms with Crippen LogP contribution in [-0.2, 0) is 0 Å². The molecule has 0 aromatic heterocycles. The molecule has 3 atom stereocenters. The van der Waals surface area contributed by atoms with E-state index in [9.17, 15) is 9.50 Å². The smallest absolute Gasteiger partial charge is 0.129 e. The lowest BCUT2D eigenvalue weighted by atomic mass is 9.67. The summed E-state index contributed by atoms with van der Waals surface area (Å²) in [6.45, 7) is 0.711. The van der Waals surface area contributed by atoms with Gasteiger partial charge in [-0.3, -0.25) is 0 Å². The summed E-state index contributed by atoms with van der Waals surface area (Å²) in [6.07, 6.45) is 4.66. The number of benzene rings is 1. The molecule has 1 saturated heterocycles. The third-order valence-corrected chi connectivity index (χ3v) is 5.03. The van der Waals surface area contributed by atoms with Gasteiger partial charge in [-0.05, 0) is 37.9 Å². The molecule has 0 radical (unpaired) electrons. The van der Waals surface area contributed by atoms with E-state index in [0.717, 1.165) is 32.1 Å². The van der Waals surface area contributed by atoms with E-state index in [0.29, 0.717) is 17.1 Å². The molecule has 2 fully saturated rings. The maximum absolute atomic E-state index is 14.1. The third-order valence-electron chi connectivity index (χ3n) is 4.70. The van der Waals surface area contributed by atoms with Crippen molar-refractivity contribution in [2.45, 2.75) is 43.7 Å². The minimum Gasteiger partial charge on any atom is -0.389 e. The summed E-state index contributed by atoms with van der Waals surface area (Å²) in [4.78, 5) is 0. The van der Waals surface area contributed by atoms with Gasteiger partial charge in [-0.2, -0.15) is 0 Å².